The van der Waals surface area contributed by atoms with Crippen LogP contribution in [0.4, 0.5) is 0 Å². The number of hydrogen-bond acceptors (Lipinski definition) is 16. The van der Waals surface area contributed by atoms with E-state index in [1.807, 2.05) is 0 Å². The standard InChI is InChI=1S/C81H151N2O19P/c1-7-13-19-25-31-34-40-43-49-55-66(97-73(87)58-52-46-37-28-22-16-10-4)61-71(85)82-69(80(91)92)65-96-81-77(83-72(86)62-67(56-50-44-41-35-32-26-20-14-8-2)98-74(88)59-53-47-38-29-23-17-11-5)79(78(70(64-84)100-81)102-103(93,94)95)101-76(90)63-68(57-51-45-42-36-33-27-21-15-9-3)99-75(89)60-54-48-39-30-24-18-12-6/h66-70,77-79,81,84H,7-65H2,1-6H3,(H,82,85)(H,83,86)(H,91,92)(H2,93,94,95)/t66-,67-,68-,69+,70?,77?,78?,79?,81?/m1/s1. The van der Waals surface area contributed by atoms with Crippen molar-refractivity contribution < 1.29 is 91.1 Å². The number of amides is 2. The zero-order valence-electron chi connectivity index (χ0n) is 65.8. The van der Waals surface area contributed by atoms with Crippen molar-refractivity contribution in [3.05, 3.63) is 0 Å². The van der Waals surface area contributed by atoms with E-state index in [1.165, 1.54) is 44.9 Å². The number of ether oxygens (including phenoxy) is 6. The Kier molecular flexibility index (Phi) is 62.8. The number of phosphoric ester groups is 1. The second kappa shape index (κ2) is 66.5. The average Bonchev–Trinajstić information content (AvgIpc) is 0.780. The van der Waals surface area contributed by atoms with Crippen LogP contribution in [0.5, 0.6) is 0 Å². The second-order valence-electron chi connectivity index (χ2n) is 29.5. The van der Waals surface area contributed by atoms with Crippen LogP contribution in [-0.2, 0) is 71.1 Å². The van der Waals surface area contributed by atoms with Gasteiger partial charge in [-0.2, -0.15) is 0 Å². The van der Waals surface area contributed by atoms with E-state index in [2.05, 4.69) is 52.2 Å². The lowest BCUT2D eigenvalue weighted by Crippen LogP contribution is -2.66. The van der Waals surface area contributed by atoms with E-state index in [4.69, 9.17) is 32.9 Å². The van der Waals surface area contributed by atoms with Gasteiger partial charge in [-0.1, -0.05) is 311 Å². The third kappa shape index (κ3) is 55.4. The molecular formula is C81H151N2O19P. The molecule has 1 aliphatic rings. The van der Waals surface area contributed by atoms with Crippen LogP contribution >= 0.6 is 7.82 Å². The lowest BCUT2D eigenvalue weighted by atomic mass is 9.95. The molecular weight excluding hydrogens is 1340 g/mol. The smallest absolute Gasteiger partial charge is 0.470 e. The second-order valence-corrected chi connectivity index (χ2v) is 30.7. The fourth-order valence-corrected chi connectivity index (χ4v) is 14.1. The Morgan fingerprint density at radius 2 is 0.699 bits per heavy atom. The number of aliphatic carboxylic acids is 1. The predicted octanol–water partition coefficient (Wildman–Crippen LogP) is 19.3. The highest BCUT2D eigenvalue weighted by Gasteiger charge is 2.52. The van der Waals surface area contributed by atoms with Crippen molar-refractivity contribution in [2.75, 3.05) is 13.2 Å². The quantitative estimate of drug-likeness (QED) is 0.0143. The number of hydrogen-bond donors (Lipinski definition) is 6. The zero-order valence-corrected chi connectivity index (χ0v) is 66.7. The van der Waals surface area contributed by atoms with E-state index in [-0.39, 0.29) is 32.1 Å². The Balaban J connectivity index is 3.85. The number of carboxylic acids is 1. The van der Waals surface area contributed by atoms with Gasteiger partial charge in [0.25, 0.3) is 0 Å². The Labute approximate surface area is 624 Å². The third-order valence-electron chi connectivity index (χ3n) is 19.7. The fourth-order valence-electron chi connectivity index (χ4n) is 13.5. The van der Waals surface area contributed by atoms with Crippen LogP contribution in [0.15, 0.2) is 0 Å². The number of carbonyl (C=O) groups is 7. The summed E-state index contributed by atoms with van der Waals surface area (Å²) in [6.07, 6.45) is 38.1. The summed E-state index contributed by atoms with van der Waals surface area (Å²) in [5, 5.41) is 26.9. The van der Waals surface area contributed by atoms with Gasteiger partial charge >= 0.3 is 37.7 Å². The first-order chi connectivity index (χ1) is 49.8. The van der Waals surface area contributed by atoms with Crippen LogP contribution in [0.1, 0.15) is 408 Å². The summed E-state index contributed by atoms with van der Waals surface area (Å²) in [7, 11) is -5.56. The molecule has 9 atom stereocenters. The minimum Gasteiger partial charge on any atom is -0.480 e. The van der Waals surface area contributed by atoms with Gasteiger partial charge in [-0.25, -0.2) is 9.36 Å². The summed E-state index contributed by atoms with van der Waals surface area (Å²) in [5.41, 5.74) is 0. The average molecular weight is 1490 g/mol. The number of aliphatic hydroxyl groups excluding tert-OH is 1. The first kappa shape index (κ1) is 97.3. The molecule has 1 saturated heterocycles. The first-order valence-electron chi connectivity index (χ1n) is 42.1. The normalized spacial score (nSPS) is 17.3. The summed E-state index contributed by atoms with van der Waals surface area (Å²) in [5.74, 6) is -5.54. The van der Waals surface area contributed by atoms with Crippen molar-refractivity contribution in [2.24, 2.45) is 0 Å². The number of carbonyl (C=O) groups excluding carboxylic acids is 6. The highest BCUT2D eigenvalue weighted by molar-refractivity contribution is 7.46. The number of nitrogens with one attached hydrogen (secondary N) is 2. The van der Waals surface area contributed by atoms with Gasteiger partial charge in [0.15, 0.2) is 18.4 Å². The summed E-state index contributed by atoms with van der Waals surface area (Å²) in [4.78, 5) is 118. The maximum atomic E-state index is 14.8. The van der Waals surface area contributed by atoms with Crippen LogP contribution in [0, 0.1) is 0 Å². The van der Waals surface area contributed by atoms with Gasteiger partial charge in [-0.05, 0) is 57.8 Å². The zero-order chi connectivity index (χ0) is 75.8. The molecule has 1 aliphatic heterocycles. The van der Waals surface area contributed by atoms with Crippen molar-refractivity contribution in [1.82, 2.24) is 10.6 Å². The number of phosphoric acid groups is 1. The molecule has 0 aromatic rings. The van der Waals surface area contributed by atoms with Crippen LogP contribution in [0.2, 0.25) is 0 Å². The molecule has 6 N–H and O–H groups in total. The van der Waals surface area contributed by atoms with E-state index in [9.17, 15) is 58.1 Å². The molecule has 0 saturated carbocycles. The minimum absolute atomic E-state index is 0.125. The Hall–Kier alpha value is -3.72. The SMILES string of the molecule is CCCCCCCCCCC[C@H](CC(=O)NC1C(OC[C@H](NC(=O)C[C@@H](CCCCCCCCCCC)OC(=O)CCCCCCCCC)C(=O)O)OC(CO)C(OP(=O)(O)O)C1OC(=O)C[C@@H](CCCCCCCCCCC)OC(=O)CCCCCCCCC)OC(=O)CCCCCCCCC. The van der Waals surface area contributed by atoms with Gasteiger partial charge < -0.3 is 59.1 Å². The summed E-state index contributed by atoms with van der Waals surface area (Å²) < 4.78 is 54.9. The number of unbranched alkanes of at least 4 members (excludes halogenated alkanes) is 42. The number of carboxylic acid groups (broad SMARTS) is 1. The molecule has 1 heterocycles. The van der Waals surface area contributed by atoms with E-state index in [0.717, 1.165) is 225 Å². The van der Waals surface area contributed by atoms with Gasteiger partial charge in [0.2, 0.25) is 11.8 Å². The molecule has 1 fully saturated rings. The maximum Gasteiger partial charge on any atom is 0.470 e. The van der Waals surface area contributed by atoms with Crippen LogP contribution in [0.3, 0.4) is 0 Å². The third-order valence-corrected chi connectivity index (χ3v) is 20.2. The molecule has 0 aromatic carbocycles. The Morgan fingerprint density at radius 1 is 0.398 bits per heavy atom. The lowest BCUT2D eigenvalue weighted by Gasteiger charge is -2.45. The van der Waals surface area contributed by atoms with Gasteiger partial charge in [-0.3, -0.25) is 33.3 Å². The number of esters is 4. The maximum absolute atomic E-state index is 14.8. The number of rotatable bonds is 73. The highest BCUT2D eigenvalue weighted by atomic mass is 31.2. The van der Waals surface area contributed by atoms with Crippen molar-refractivity contribution in [3.63, 3.8) is 0 Å². The molecule has 2 amide bonds. The van der Waals surface area contributed by atoms with E-state index in [0.29, 0.717) is 51.4 Å². The van der Waals surface area contributed by atoms with E-state index >= 15 is 0 Å². The molecule has 1 rings (SSSR count). The molecule has 22 heteroatoms. The summed E-state index contributed by atoms with van der Waals surface area (Å²) >= 11 is 0. The first-order valence-corrected chi connectivity index (χ1v) is 43.6. The topological polar surface area (TPSA) is 306 Å². The summed E-state index contributed by atoms with van der Waals surface area (Å²) in [6.45, 7) is 11.1. The fraction of sp³-hybridized carbons (Fsp3) is 0.914. The largest absolute Gasteiger partial charge is 0.480 e. The highest BCUT2D eigenvalue weighted by Crippen LogP contribution is 2.42. The molecule has 0 bridgehead atoms. The number of aliphatic hydroxyl groups is 1. The van der Waals surface area contributed by atoms with Crippen LogP contribution < -0.4 is 10.6 Å². The Bertz CT molecular complexity index is 2170. The van der Waals surface area contributed by atoms with Gasteiger partial charge in [-0.15, -0.1) is 0 Å². The minimum atomic E-state index is -5.56. The molecule has 0 spiro atoms. The van der Waals surface area contributed by atoms with E-state index in [1.54, 1.807) is 0 Å². The predicted molar refractivity (Wildman–Crippen MR) is 407 cm³/mol. The van der Waals surface area contributed by atoms with Crippen LogP contribution in [-0.4, -0.2) is 130 Å². The molecule has 0 aliphatic carbocycles. The van der Waals surface area contributed by atoms with Gasteiger partial charge in [0.1, 0.15) is 36.6 Å². The molecule has 0 radical (unpaired) electrons. The van der Waals surface area contributed by atoms with Crippen LogP contribution in [0.25, 0.3) is 0 Å². The van der Waals surface area contributed by atoms with E-state index < -0.39 is 131 Å². The van der Waals surface area contributed by atoms with Crippen molar-refractivity contribution in [1.29, 1.82) is 0 Å². The monoisotopic (exact) mass is 1490 g/mol. The molecule has 21 nitrogen and oxygen atoms in total. The van der Waals surface area contributed by atoms with Crippen molar-refractivity contribution in [2.45, 2.75) is 463 Å². The molecule has 604 valence electrons. The Morgan fingerprint density at radius 3 is 1.01 bits per heavy atom. The van der Waals surface area contributed by atoms with Gasteiger partial charge in [0, 0.05) is 19.3 Å². The lowest BCUT2D eigenvalue weighted by molar-refractivity contribution is -0.272. The van der Waals surface area contributed by atoms with Crippen molar-refractivity contribution >= 4 is 49.5 Å². The molecule has 103 heavy (non-hydrogen) atoms. The summed E-state index contributed by atoms with van der Waals surface area (Å²) in [6, 6.07) is -3.60. The van der Waals surface area contributed by atoms with Crippen molar-refractivity contribution in [3.8, 4) is 0 Å². The molecule has 5 unspecified atom stereocenters. The van der Waals surface area contributed by atoms with Gasteiger partial charge in [0.05, 0.1) is 32.5 Å². The molecule has 0 aromatic heterocycles.